The van der Waals surface area contributed by atoms with E-state index in [0.29, 0.717) is 17.0 Å². The molecule has 0 saturated carbocycles. The van der Waals surface area contributed by atoms with E-state index in [2.05, 4.69) is 5.32 Å². The zero-order valence-electron chi connectivity index (χ0n) is 15.2. The van der Waals surface area contributed by atoms with E-state index in [9.17, 15) is 20.0 Å². The van der Waals surface area contributed by atoms with Gasteiger partial charge in [-0.1, -0.05) is 12.1 Å². The van der Waals surface area contributed by atoms with Gasteiger partial charge >= 0.3 is 11.9 Å². The molecule has 0 unspecified atom stereocenters. The largest absolute Gasteiger partial charge is 0.733 e. The number of methoxy groups -OCH3 is 1. The van der Waals surface area contributed by atoms with Gasteiger partial charge in [0.05, 0.1) is 36.5 Å². The predicted octanol–water partition coefficient (Wildman–Crippen LogP) is 1.32. The summed E-state index contributed by atoms with van der Waals surface area (Å²) >= 11 is 0. The highest BCUT2D eigenvalue weighted by Gasteiger charge is 2.37. The normalized spacial score (nSPS) is 16.7. The van der Waals surface area contributed by atoms with Crippen molar-refractivity contribution in [3.8, 4) is 0 Å². The summed E-state index contributed by atoms with van der Waals surface area (Å²) < 4.78 is 9.91. The van der Waals surface area contributed by atoms with Gasteiger partial charge in [-0.3, -0.25) is 5.21 Å². The number of carbonyl (C=O) groups excluding carboxylic acids is 2. The second-order valence-corrected chi connectivity index (χ2v) is 5.85. The molecule has 1 heterocycles. The van der Waals surface area contributed by atoms with Crippen LogP contribution in [0.5, 0.6) is 0 Å². The van der Waals surface area contributed by atoms with Crippen LogP contribution in [0.15, 0.2) is 46.8 Å². The maximum atomic E-state index is 12.6. The van der Waals surface area contributed by atoms with E-state index in [4.69, 9.17) is 14.6 Å². The lowest BCUT2D eigenvalue weighted by atomic mass is 9.80. The molecular weight excluding hydrogens is 356 g/mol. The van der Waals surface area contributed by atoms with Crippen LogP contribution in [0.1, 0.15) is 25.3 Å². The fourth-order valence-corrected chi connectivity index (χ4v) is 3.02. The minimum Gasteiger partial charge on any atom is -0.733 e. The topological polar surface area (TPSA) is 131 Å². The molecule has 27 heavy (non-hydrogen) atoms. The van der Waals surface area contributed by atoms with Crippen molar-refractivity contribution in [2.45, 2.75) is 19.8 Å². The highest BCUT2D eigenvalue weighted by molar-refractivity contribution is 5.99. The Kier molecular flexibility index (Phi) is 6.56. The third-order valence-electron chi connectivity index (χ3n) is 4.13. The van der Waals surface area contributed by atoms with Crippen LogP contribution in [0.2, 0.25) is 0 Å². The van der Waals surface area contributed by atoms with Crippen LogP contribution < -0.4 is 10.5 Å². The summed E-state index contributed by atoms with van der Waals surface area (Å²) in [4.78, 5) is 25.0. The number of carbonyl (C=O) groups is 2. The van der Waals surface area contributed by atoms with Gasteiger partial charge in [-0.05, 0) is 31.5 Å². The molecule has 0 radical (unpaired) electrons. The average Bonchev–Trinajstić information content (AvgIpc) is 2.64. The third-order valence-corrected chi connectivity index (χ3v) is 4.13. The molecule has 0 aliphatic carbocycles. The van der Waals surface area contributed by atoms with Crippen molar-refractivity contribution >= 4 is 17.6 Å². The number of nitrogens with one attached hydrogen (secondary N) is 1. The van der Waals surface area contributed by atoms with Crippen molar-refractivity contribution in [1.82, 2.24) is 5.32 Å². The molecule has 0 fully saturated rings. The van der Waals surface area contributed by atoms with E-state index in [1.165, 1.54) is 25.3 Å². The van der Waals surface area contributed by atoms with Crippen molar-refractivity contribution in [2.75, 3.05) is 25.6 Å². The van der Waals surface area contributed by atoms with Crippen LogP contribution in [-0.2, 0) is 19.1 Å². The number of aliphatic hydroxyl groups excluding tert-OH is 1. The zero-order chi connectivity index (χ0) is 20.1. The van der Waals surface area contributed by atoms with E-state index in [-0.39, 0.29) is 35.3 Å². The number of nitrogens with zero attached hydrogens (tertiary/aromatic N) is 1. The van der Waals surface area contributed by atoms with Gasteiger partial charge in [-0.2, -0.15) is 0 Å². The standard InChI is InChI=1S/C18H21N2O7/c1-10-14(17(22)26-3)16(12-5-4-6-13(9-12)20(24)25)15(11(2)19-10)18(23)27-8-7-21/h4-6,9,16,19,21,24H,7-8H2,1-3H3/q-1/t16-/m0/s1. The van der Waals surface area contributed by atoms with Gasteiger partial charge < -0.3 is 30.3 Å². The van der Waals surface area contributed by atoms with Crippen molar-refractivity contribution in [3.63, 3.8) is 0 Å². The van der Waals surface area contributed by atoms with Crippen molar-refractivity contribution in [2.24, 2.45) is 0 Å². The molecule has 0 amide bonds. The second kappa shape index (κ2) is 8.67. The molecule has 146 valence electrons. The molecule has 1 atom stereocenters. The number of hydrogen-bond donors (Lipinski definition) is 3. The summed E-state index contributed by atoms with van der Waals surface area (Å²) in [6.07, 6.45) is 0. The molecule has 0 bridgehead atoms. The predicted molar refractivity (Wildman–Crippen MR) is 95.4 cm³/mol. The van der Waals surface area contributed by atoms with E-state index < -0.39 is 17.9 Å². The van der Waals surface area contributed by atoms with Crippen LogP contribution in [0.3, 0.4) is 0 Å². The lowest BCUT2D eigenvalue weighted by Crippen LogP contribution is -2.32. The highest BCUT2D eigenvalue weighted by atomic mass is 16.8. The Morgan fingerprint density at radius 1 is 1.22 bits per heavy atom. The monoisotopic (exact) mass is 377 g/mol. The van der Waals surface area contributed by atoms with Gasteiger partial charge in [0.25, 0.3) is 0 Å². The first-order valence-electron chi connectivity index (χ1n) is 8.12. The van der Waals surface area contributed by atoms with Gasteiger partial charge in [0, 0.05) is 11.4 Å². The summed E-state index contributed by atoms with van der Waals surface area (Å²) in [5, 5.41) is 32.0. The Hall–Kier alpha value is -2.88. The molecular formula is C18H21N2O7-. The lowest BCUT2D eigenvalue weighted by molar-refractivity contribution is -0.140. The molecule has 2 rings (SSSR count). The van der Waals surface area contributed by atoms with E-state index >= 15 is 0 Å². The number of esters is 2. The first kappa shape index (κ1) is 20.4. The molecule has 0 spiro atoms. The zero-order valence-corrected chi connectivity index (χ0v) is 15.2. The Balaban J connectivity index is 2.64. The number of rotatable bonds is 6. The molecule has 1 aliphatic heterocycles. The maximum absolute atomic E-state index is 12.6. The van der Waals surface area contributed by atoms with Crippen LogP contribution in [-0.4, -0.2) is 42.6 Å². The molecule has 0 aromatic heterocycles. The van der Waals surface area contributed by atoms with Crippen LogP contribution in [0, 0.1) is 5.21 Å². The summed E-state index contributed by atoms with van der Waals surface area (Å²) in [6.45, 7) is 2.76. The summed E-state index contributed by atoms with van der Waals surface area (Å²) in [7, 11) is 1.22. The lowest BCUT2D eigenvalue weighted by Gasteiger charge is -2.31. The molecule has 3 N–H and O–H groups in total. The summed E-state index contributed by atoms with van der Waals surface area (Å²) in [5.41, 5.74) is 1.61. The first-order valence-corrected chi connectivity index (χ1v) is 8.12. The van der Waals surface area contributed by atoms with Crippen molar-refractivity contribution in [3.05, 3.63) is 57.6 Å². The fourth-order valence-electron chi connectivity index (χ4n) is 3.02. The van der Waals surface area contributed by atoms with Crippen molar-refractivity contribution < 1.29 is 29.4 Å². The summed E-state index contributed by atoms with van der Waals surface area (Å²) in [5.74, 6) is -2.26. The Bertz CT molecular complexity index is 799. The number of anilines is 1. The average molecular weight is 377 g/mol. The smallest absolute Gasteiger partial charge is 0.336 e. The molecule has 9 nitrogen and oxygen atoms in total. The molecule has 1 aromatic carbocycles. The quantitative estimate of drug-likeness (QED) is 0.496. The highest BCUT2D eigenvalue weighted by Crippen LogP contribution is 2.40. The molecule has 1 aliphatic rings. The van der Waals surface area contributed by atoms with Crippen LogP contribution >= 0.6 is 0 Å². The van der Waals surface area contributed by atoms with Crippen LogP contribution in [0.4, 0.5) is 5.69 Å². The number of hydrogen-bond acceptors (Lipinski definition) is 9. The minimum absolute atomic E-state index is 0.0615. The number of aliphatic hydroxyl groups is 1. The van der Waals surface area contributed by atoms with E-state index in [0.717, 1.165) is 0 Å². The second-order valence-electron chi connectivity index (χ2n) is 5.85. The third kappa shape index (κ3) is 4.27. The number of ether oxygens (including phenoxy) is 2. The van der Waals surface area contributed by atoms with Gasteiger partial charge in [0.2, 0.25) is 0 Å². The Morgan fingerprint density at radius 3 is 2.41 bits per heavy atom. The van der Waals surface area contributed by atoms with E-state index in [1.807, 2.05) is 0 Å². The first-order chi connectivity index (χ1) is 12.8. The maximum Gasteiger partial charge on any atom is 0.336 e. The summed E-state index contributed by atoms with van der Waals surface area (Å²) in [6, 6.07) is 5.88. The fraction of sp³-hybridized carbons (Fsp3) is 0.333. The number of dihydropyridines is 1. The molecule has 9 heteroatoms. The Morgan fingerprint density at radius 2 is 1.85 bits per heavy atom. The Labute approximate surface area is 156 Å². The number of benzene rings is 1. The SMILES string of the molecule is COC(=O)C1=C(C)NC(C)=C(C(=O)OCCO)[C@H]1c1cccc(N([O-])O)c1. The van der Waals surface area contributed by atoms with Gasteiger partial charge in [-0.25, -0.2) is 9.59 Å². The van der Waals surface area contributed by atoms with Gasteiger partial charge in [-0.15, -0.1) is 0 Å². The van der Waals surface area contributed by atoms with Gasteiger partial charge in [0.15, 0.2) is 0 Å². The van der Waals surface area contributed by atoms with E-state index in [1.54, 1.807) is 19.9 Å². The van der Waals surface area contributed by atoms with Crippen LogP contribution in [0.25, 0.3) is 0 Å². The van der Waals surface area contributed by atoms with Crippen molar-refractivity contribution in [1.29, 1.82) is 0 Å². The number of allylic oxidation sites excluding steroid dienone is 2. The minimum atomic E-state index is -0.884. The molecule has 1 aromatic rings. The molecule has 0 saturated heterocycles. The van der Waals surface area contributed by atoms with Gasteiger partial charge in [0.1, 0.15) is 6.61 Å².